The molecule has 0 spiro atoms. The molecule has 0 unspecified atom stereocenters. The second-order valence-corrected chi connectivity index (χ2v) is 4.54. The van der Waals surface area contributed by atoms with Crippen molar-refractivity contribution in [3.05, 3.63) is 40.1 Å². The van der Waals surface area contributed by atoms with Gasteiger partial charge >= 0.3 is 0 Å². The van der Waals surface area contributed by atoms with E-state index in [0.717, 1.165) is 23.3 Å². The molecule has 2 nitrogen and oxygen atoms in total. The zero-order valence-corrected chi connectivity index (χ0v) is 7.86. The second-order valence-electron chi connectivity index (χ2n) is 4.54. The van der Waals surface area contributed by atoms with Crippen LogP contribution < -0.4 is 10.2 Å². The maximum atomic E-state index is 11.6. The Morgan fingerprint density at radius 2 is 1.86 bits per heavy atom. The number of rotatable bonds is 2. The fourth-order valence-corrected chi connectivity index (χ4v) is 3.02. The molecule has 4 aliphatic carbocycles. The Balaban J connectivity index is 1.99. The van der Waals surface area contributed by atoms with E-state index in [1.54, 1.807) is 19.2 Å². The molecule has 70 valence electrons. The van der Waals surface area contributed by atoms with E-state index in [1.165, 1.54) is 0 Å². The van der Waals surface area contributed by atoms with E-state index in [4.69, 9.17) is 4.74 Å². The molecule has 4 saturated carbocycles. The lowest BCUT2D eigenvalue weighted by molar-refractivity contribution is 0.406. The second kappa shape index (κ2) is 1.74. The van der Waals surface area contributed by atoms with Gasteiger partial charge in [-0.3, -0.25) is 4.79 Å². The van der Waals surface area contributed by atoms with Crippen LogP contribution in [0.1, 0.15) is 5.56 Å². The van der Waals surface area contributed by atoms with E-state index in [2.05, 4.69) is 6.07 Å². The predicted octanol–water partition coefficient (Wildman–Crippen LogP) is 1.18. The van der Waals surface area contributed by atoms with Gasteiger partial charge < -0.3 is 4.74 Å². The highest BCUT2D eigenvalue weighted by Crippen LogP contribution is 3.09. The molecule has 0 N–H and O–H groups in total. The quantitative estimate of drug-likeness (QED) is 0.693. The predicted molar refractivity (Wildman–Crippen MR) is 51.4 cm³/mol. The fourth-order valence-electron chi connectivity index (χ4n) is 3.02. The van der Waals surface area contributed by atoms with Gasteiger partial charge in [0.2, 0.25) is 5.43 Å². The summed E-state index contributed by atoms with van der Waals surface area (Å²) >= 11 is 0. The van der Waals surface area contributed by atoms with Gasteiger partial charge in [-0.25, -0.2) is 0 Å². The van der Waals surface area contributed by atoms with Gasteiger partial charge in [0.25, 0.3) is 0 Å². The summed E-state index contributed by atoms with van der Waals surface area (Å²) in [5, 5.41) is 0. The van der Waals surface area contributed by atoms with E-state index >= 15 is 0 Å². The minimum absolute atomic E-state index is 0.0128. The topological polar surface area (TPSA) is 26.3 Å². The highest BCUT2D eigenvalue weighted by molar-refractivity contribution is 5.70. The molecule has 1 aromatic rings. The molecular formula is C12H10O2. The lowest BCUT2D eigenvalue weighted by Gasteiger charge is -2.01. The molecule has 0 atom stereocenters. The number of hydrogen-bond acceptors (Lipinski definition) is 2. The zero-order valence-electron chi connectivity index (χ0n) is 7.86. The minimum Gasteiger partial charge on any atom is -0.492 e. The fraction of sp³-hybridized carbons (Fsp3) is 0.417. The first kappa shape index (κ1) is 7.04. The molecule has 5 rings (SSSR count). The van der Waals surface area contributed by atoms with Crippen LogP contribution >= 0.6 is 0 Å². The van der Waals surface area contributed by atoms with E-state index in [-0.39, 0.29) is 5.43 Å². The molecule has 0 heterocycles. The average Bonchev–Trinajstić information content (AvgIpc) is 2.97. The lowest BCUT2D eigenvalue weighted by atomic mass is 10.1. The van der Waals surface area contributed by atoms with E-state index < -0.39 is 0 Å². The summed E-state index contributed by atoms with van der Waals surface area (Å²) in [5.74, 6) is 3.32. The van der Waals surface area contributed by atoms with Crippen LogP contribution in [0.5, 0.6) is 5.75 Å². The van der Waals surface area contributed by atoms with Crippen molar-refractivity contribution in [3.63, 3.8) is 0 Å². The van der Waals surface area contributed by atoms with Crippen LogP contribution in [0.25, 0.3) is 0 Å². The Morgan fingerprint density at radius 3 is 2.43 bits per heavy atom. The van der Waals surface area contributed by atoms with Gasteiger partial charge in [-0.1, -0.05) is 18.2 Å². The summed E-state index contributed by atoms with van der Waals surface area (Å²) in [5.41, 5.74) is 1.60. The third kappa shape index (κ3) is 0.526. The molecule has 0 bridgehead atoms. The Labute approximate surface area is 81.5 Å². The Morgan fingerprint density at radius 1 is 1.21 bits per heavy atom. The van der Waals surface area contributed by atoms with Crippen LogP contribution in [0, 0.1) is 17.8 Å². The van der Waals surface area contributed by atoms with Crippen LogP contribution in [-0.4, -0.2) is 7.11 Å². The maximum Gasteiger partial charge on any atom is 0.220 e. The molecule has 1 aromatic carbocycles. The van der Waals surface area contributed by atoms with Crippen molar-refractivity contribution < 1.29 is 4.74 Å². The van der Waals surface area contributed by atoms with E-state index in [9.17, 15) is 4.79 Å². The van der Waals surface area contributed by atoms with Crippen molar-refractivity contribution in [2.45, 2.75) is 5.41 Å². The van der Waals surface area contributed by atoms with Crippen molar-refractivity contribution in [3.8, 4) is 5.75 Å². The minimum atomic E-state index is 0.0128. The van der Waals surface area contributed by atoms with Gasteiger partial charge in [0.05, 0.1) is 7.11 Å². The monoisotopic (exact) mass is 186 g/mol. The molecule has 0 amide bonds. The first-order chi connectivity index (χ1) is 6.83. The van der Waals surface area contributed by atoms with E-state index in [1.807, 2.05) is 6.07 Å². The first-order valence-corrected chi connectivity index (χ1v) is 5.01. The highest BCUT2D eigenvalue weighted by atomic mass is 16.5. The Kier molecular flexibility index (Phi) is 0.877. The largest absolute Gasteiger partial charge is 0.492 e. The summed E-state index contributed by atoms with van der Waals surface area (Å²) in [4.78, 5) is 11.6. The third-order valence-corrected chi connectivity index (χ3v) is 4.11. The van der Waals surface area contributed by atoms with Crippen molar-refractivity contribution in [2.75, 3.05) is 7.11 Å². The van der Waals surface area contributed by atoms with Crippen LogP contribution in [0.3, 0.4) is 0 Å². The summed E-state index contributed by atoms with van der Waals surface area (Å²) in [6, 6.07) is 7.37. The highest BCUT2D eigenvalue weighted by Gasteiger charge is 3.09. The molecular weight excluding hydrogens is 176 g/mol. The van der Waals surface area contributed by atoms with E-state index in [0.29, 0.717) is 11.2 Å². The molecule has 0 saturated heterocycles. The van der Waals surface area contributed by atoms with Gasteiger partial charge in [0.1, 0.15) is 0 Å². The molecule has 0 aromatic heterocycles. The molecule has 0 aliphatic heterocycles. The maximum absolute atomic E-state index is 11.6. The van der Waals surface area contributed by atoms with Crippen molar-refractivity contribution in [2.24, 2.45) is 17.8 Å². The van der Waals surface area contributed by atoms with Crippen molar-refractivity contribution in [1.29, 1.82) is 0 Å². The summed E-state index contributed by atoms with van der Waals surface area (Å²) < 4.78 is 5.23. The number of ether oxygens (including phenoxy) is 1. The molecule has 0 radical (unpaired) electrons. The summed E-state index contributed by atoms with van der Waals surface area (Å²) in [7, 11) is 1.59. The third-order valence-electron chi connectivity index (χ3n) is 4.11. The van der Waals surface area contributed by atoms with Crippen molar-refractivity contribution >= 4 is 0 Å². The molecule has 14 heavy (non-hydrogen) atoms. The molecule has 4 fully saturated rings. The van der Waals surface area contributed by atoms with Gasteiger partial charge in [0, 0.05) is 11.0 Å². The SMILES string of the molecule is COc1c(C23C4C2C43)ccccc1=O. The van der Waals surface area contributed by atoms with Gasteiger partial charge in [-0.05, 0) is 23.8 Å². The van der Waals surface area contributed by atoms with Gasteiger partial charge in [-0.15, -0.1) is 0 Å². The first-order valence-electron chi connectivity index (χ1n) is 5.01. The molecule has 4 aliphatic rings. The average molecular weight is 186 g/mol. The number of methoxy groups -OCH3 is 1. The van der Waals surface area contributed by atoms with Gasteiger partial charge in [-0.2, -0.15) is 0 Å². The summed E-state index contributed by atoms with van der Waals surface area (Å²) in [6.45, 7) is 0. The Hall–Kier alpha value is -1.31. The lowest BCUT2D eigenvalue weighted by Crippen LogP contribution is -2.04. The van der Waals surface area contributed by atoms with Crippen LogP contribution in [0.2, 0.25) is 0 Å². The molecule has 2 heteroatoms. The smallest absolute Gasteiger partial charge is 0.220 e. The van der Waals surface area contributed by atoms with Crippen LogP contribution in [0.15, 0.2) is 29.1 Å². The summed E-state index contributed by atoms with van der Waals surface area (Å²) in [6.07, 6.45) is 0. The zero-order chi connectivity index (χ0) is 9.50. The van der Waals surface area contributed by atoms with Gasteiger partial charge in [0.15, 0.2) is 5.75 Å². The van der Waals surface area contributed by atoms with Crippen LogP contribution in [0.4, 0.5) is 0 Å². The Bertz CT molecular complexity index is 478. The van der Waals surface area contributed by atoms with Crippen LogP contribution in [-0.2, 0) is 5.41 Å². The van der Waals surface area contributed by atoms with Crippen molar-refractivity contribution in [1.82, 2.24) is 0 Å². The standard InChI is InChI=1S/C12H10O2/c1-14-11-6(4-2-3-5-7(11)13)12-8-9(12)10(8)12/h2-5,8-10H,1H3. The normalized spacial score (nSPS) is 43.9. The number of hydrogen-bond donors (Lipinski definition) is 0.